The number of imidazole rings is 1. The van der Waals surface area contributed by atoms with E-state index in [0.717, 1.165) is 18.5 Å². The first-order valence-corrected chi connectivity index (χ1v) is 11.8. The first-order valence-electron chi connectivity index (χ1n) is 10.4. The van der Waals surface area contributed by atoms with Crippen molar-refractivity contribution in [1.82, 2.24) is 15.3 Å². The molecule has 0 saturated heterocycles. The molecule has 2 amide bonds. The van der Waals surface area contributed by atoms with Crippen molar-refractivity contribution in [2.75, 3.05) is 17.2 Å². The number of carbonyl (C=O) groups excluding carboxylic acids is 1. The van der Waals surface area contributed by atoms with Gasteiger partial charge in [-0.1, -0.05) is 12.8 Å². The number of fused-ring (bicyclic) bond motifs is 1. The van der Waals surface area contributed by atoms with E-state index in [-0.39, 0.29) is 16.6 Å². The molecule has 3 aromatic rings. The predicted molar refractivity (Wildman–Crippen MR) is 121 cm³/mol. The van der Waals surface area contributed by atoms with Crippen LogP contribution in [-0.4, -0.2) is 48.1 Å². The fourth-order valence-corrected chi connectivity index (χ4v) is 4.53. The molecule has 1 saturated carbocycles. The van der Waals surface area contributed by atoms with E-state index in [1.165, 1.54) is 37.1 Å². The molecule has 33 heavy (non-hydrogen) atoms. The third kappa shape index (κ3) is 5.71. The van der Waals surface area contributed by atoms with Crippen LogP contribution in [0.3, 0.4) is 0 Å². The Hall–Kier alpha value is -3.80. The zero-order valence-corrected chi connectivity index (χ0v) is 18.3. The summed E-state index contributed by atoms with van der Waals surface area (Å²) in [5, 5.41) is 16.5. The number of anilines is 2. The average molecular weight is 474 g/mol. The molecular formula is C21H23N5O6S. The highest BCUT2D eigenvalue weighted by Gasteiger charge is 2.19. The predicted octanol–water partition coefficient (Wildman–Crippen LogP) is 2.89. The third-order valence-corrected chi connectivity index (χ3v) is 6.42. The molecule has 0 unspecified atom stereocenters. The van der Waals surface area contributed by atoms with Crippen molar-refractivity contribution >= 4 is 44.8 Å². The van der Waals surface area contributed by atoms with Gasteiger partial charge in [0, 0.05) is 17.8 Å². The van der Waals surface area contributed by atoms with Crippen LogP contribution in [-0.2, 0) is 14.9 Å². The molecule has 1 aliphatic carbocycles. The van der Waals surface area contributed by atoms with E-state index in [4.69, 9.17) is 9.29 Å². The minimum absolute atomic E-state index is 0.0269. The van der Waals surface area contributed by atoms with Gasteiger partial charge in [0.1, 0.15) is 17.2 Å². The number of carbonyl (C=O) groups is 2. The molecular weight excluding hydrogens is 450 g/mol. The fourth-order valence-electron chi connectivity index (χ4n) is 3.60. The van der Waals surface area contributed by atoms with Crippen LogP contribution in [0.4, 0.5) is 16.4 Å². The first kappa shape index (κ1) is 22.4. The number of urea groups is 1. The van der Waals surface area contributed by atoms with E-state index in [9.17, 15) is 18.0 Å². The number of aliphatic carboxylic acids is 1. The van der Waals surface area contributed by atoms with Crippen LogP contribution in [0, 0.1) is 0 Å². The highest BCUT2D eigenvalue weighted by Crippen LogP contribution is 2.26. The van der Waals surface area contributed by atoms with Crippen molar-refractivity contribution < 1.29 is 27.3 Å². The van der Waals surface area contributed by atoms with Gasteiger partial charge >= 0.3 is 22.1 Å². The van der Waals surface area contributed by atoms with Gasteiger partial charge in [0.25, 0.3) is 0 Å². The van der Waals surface area contributed by atoms with Gasteiger partial charge in [0.15, 0.2) is 0 Å². The lowest BCUT2D eigenvalue weighted by Crippen LogP contribution is -2.33. The highest BCUT2D eigenvalue weighted by molar-refractivity contribution is 7.87. The number of amides is 2. The number of nitrogens with one attached hydrogen (secondary N) is 4. The van der Waals surface area contributed by atoms with Gasteiger partial charge in [-0.3, -0.25) is 10.1 Å². The van der Waals surface area contributed by atoms with Crippen molar-refractivity contribution in [1.29, 1.82) is 0 Å². The largest absolute Gasteiger partial charge is 0.480 e. The van der Waals surface area contributed by atoms with E-state index in [1.807, 2.05) is 0 Å². The van der Waals surface area contributed by atoms with Crippen molar-refractivity contribution in [3.8, 4) is 5.75 Å². The molecule has 1 aromatic heterocycles. The second-order valence-corrected chi connectivity index (χ2v) is 9.20. The molecule has 1 fully saturated rings. The summed E-state index contributed by atoms with van der Waals surface area (Å²) in [6, 6.07) is 10.5. The molecule has 5 N–H and O–H groups in total. The summed E-state index contributed by atoms with van der Waals surface area (Å²) in [6.07, 6.45) is 4.63. The molecule has 4 rings (SSSR count). The number of carboxylic acids is 1. The summed E-state index contributed by atoms with van der Waals surface area (Å²) in [5.74, 6) is -1.06. The normalized spacial score (nSPS) is 14.2. The Morgan fingerprint density at radius 1 is 1.12 bits per heavy atom. The summed E-state index contributed by atoms with van der Waals surface area (Å²) < 4.78 is 30.6. The smallest absolute Gasteiger partial charge is 0.339 e. The van der Waals surface area contributed by atoms with Gasteiger partial charge < -0.3 is 24.9 Å². The number of aromatic nitrogens is 2. The number of aromatic amines is 1. The molecule has 1 aliphatic rings. The minimum Gasteiger partial charge on any atom is -0.480 e. The Kier molecular flexibility index (Phi) is 6.36. The van der Waals surface area contributed by atoms with Gasteiger partial charge in [-0.2, -0.15) is 8.42 Å². The Labute approximate surface area is 189 Å². The zero-order valence-electron chi connectivity index (χ0n) is 17.5. The Balaban J connectivity index is 1.42. The number of nitrogens with zero attached hydrogens (tertiary/aromatic N) is 1. The highest BCUT2D eigenvalue weighted by atomic mass is 32.2. The molecule has 0 atom stereocenters. The van der Waals surface area contributed by atoms with Crippen molar-refractivity contribution in [3.63, 3.8) is 0 Å². The molecule has 2 aromatic carbocycles. The number of hydrogen-bond donors (Lipinski definition) is 5. The Morgan fingerprint density at radius 2 is 1.85 bits per heavy atom. The lowest BCUT2D eigenvalue weighted by Gasteiger charge is -2.14. The number of benzene rings is 2. The van der Waals surface area contributed by atoms with Crippen molar-refractivity contribution in [2.24, 2.45) is 0 Å². The maximum Gasteiger partial charge on any atom is 0.339 e. The standard InChI is InChI=1S/C21H23N5O6S/c27-19(28)12-22-21(29)26-20-24-17-10-7-15(11-18(17)25-20)32-33(30,31)16-8-5-14(6-9-16)23-13-3-1-2-4-13/h5-11,13,23H,1-4,12H2,(H,27,28)(H3,22,24,25,26,29). The molecule has 174 valence electrons. The molecule has 0 spiro atoms. The summed E-state index contributed by atoms with van der Waals surface area (Å²) >= 11 is 0. The van der Waals surface area contributed by atoms with E-state index < -0.39 is 28.7 Å². The zero-order chi connectivity index (χ0) is 23.4. The van der Waals surface area contributed by atoms with Crippen LogP contribution in [0.5, 0.6) is 5.75 Å². The van der Waals surface area contributed by atoms with Gasteiger partial charge in [-0.15, -0.1) is 0 Å². The Bertz CT molecular complexity index is 1270. The van der Waals surface area contributed by atoms with E-state index in [0.29, 0.717) is 17.1 Å². The summed E-state index contributed by atoms with van der Waals surface area (Å²) in [6.45, 7) is -0.542. The topological polar surface area (TPSA) is 163 Å². The lowest BCUT2D eigenvalue weighted by atomic mass is 10.2. The van der Waals surface area contributed by atoms with E-state index in [1.54, 1.807) is 18.2 Å². The SMILES string of the molecule is O=C(O)CNC(=O)Nc1nc2cc(OS(=O)(=O)c3ccc(NC4CCCC4)cc3)ccc2[nH]1. The van der Waals surface area contributed by atoms with Gasteiger partial charge in [0.05, 0.1) is 11.0 Å². The van der Waals surface area contributed by atoms with E-state index in [2.05, 4.69) is 25.9 Å². The van der Waals surface area contributed by atoms with Gasteiger partial charge in [-0.05, 0) is 49.2 Å². The van der Waals surface area contributed by atoms with Crippen LogP contribution < -0.4 is 20.1 Å². The monoisotopic (exact) mass is 473 g/mol. The summed E-state index contributed by atoms with van der Waals surface area (Å²) in [4.78, 5) is 29.2. The first-order chi connectivity index (χ1) is 15.8. The quantitative estimate of drug-likeness (QED) is 0.312. The molecule has 0 aliphatic heterocycles. The van der Waals surface area contributed by atoms with Crippen LogP contribution in [0.2, 0.25) is 0 Å². The molecule has 12 heteroatoms. The maximum atomic E-state index is 12.7. The summed E-state index contributed by atoms with van der Waals surface area (Å²) in [7, 11) is -4.05. The molecule has 0 radical (unpaired) electrons. The fraction of sp³-hybridized carbons (Fsp3) is 0.286. The number of rotatable bonds is 8. The van der Waals surface area contributed by atoms with Crippen molar-refractivity contribution in [3.05, 3.63) is 42.5 Å². The van der Waals surface area contributed by atoms with Crippen LogP contribution in [0.15, 0.2) is 47.4 Å². The Morgan fingerprint density at radius 3 is 2.55 bits per heavy atom. The molecule has 1 heterocycles. The van der Waals surface area contributed by atoms with E-state index >= 15 is 0 Å². The van der Waals surface area contributed by atoms with Gasteiger partial charge in [-0.25, -0.2) is 9.78 Å². The third-order valence-electron chi connectivity index (χ3n) is 5.16. The molecule has 11 nitrogen and oxygen atoms in total. The maximum absolute atomic E-state index is 12.7. The van der Waals surface area contributed by atoms with Crippen molar-refractivity contribution in [2.45, 2.75) is 36.6 Å². The van der Waals surface area contributed by atoms with Crippen LogP contribution in [0.25, 0.3) is 11.0 Å². The molecule has 0 bridgehead atoms. The second-order valence-electron chi connectivity index (χ2n) is 7.65. The minimum atomic E-state index is -4.05. The number of carboxylic acid groups (broad SMARTS) is 1. The number of hydrogen-bond acceptors (Lipinski definition) is 7. The lowest BCUT2D eigenvalue weighted by molar-refractivity contribution is -0.135. The van der Waals surface area contributed by atoms with Crippen LogP contribution in [0.1, 0.15) is 25.7 Å². The number of H-pyrrole nitrogens is 1. The summed E-state index contributed by atoms with van der Waals surface area (Å²) in [5.41, 5.74) is 1.74. The van der Waals surface area contributed by atoms with Gasteiger partial charge in [0.2, 0.25) is 5.95 Å². The average Bonchev–Trinajstić information content (AvgIpc) is 3.41. The second kappa shape index (κ2) is 9.36. The van der Waals surface area contributed by atoms with Crippen LogP contribution >= 0.6 is 0 Å².